The molecule has 3 rings (SSSR count). The standard InChI is InChI=1S/C18H28N2O/c1-13(2)21-17-11-15(19)10-16(12-17)20-9-5-7-14-6-3-4-8-18(14)20/h10-14,18H,3-9,19H2,1-2H3. The fourth-order valence-corrected chi connectivity index (χ4v) is 4.06. The maximum atomic E-state index is 6.10. The van der Waals surface area contributed by atoms with E-state index in [9.17, 15) is 0 Å². The molecule has 116 valence electrons. The van der Waals surface area contributed by atoms with Gasteiger partial charge < -0.3 is 15.4 Å². The molecular weight excluding hydrogens is 260 g/mol. The first-order valence-corrected chi connectivity index (χ1v) is 8.47. The van der Waals surface area contributed by atoms with E-state index in [-0.39, 0.29) is 6.10 Å². The zero-order chi connectivity index (χ0) is 14.8. The summed E-state index contributed by atoms with van der Waals surface area (Å²) in [5.41, 5.74) is 8.16. The van der Waals surface area contributed by atoms with E-state index in [2.05, 4.69) is 30.9 Å². The highest BCUT2D eigenvalue weighted by Gasteiger charge is 2.33. The Balaban J connectivity index is 1.85. The fraction of sp³-hybridized carbons (Fsp3) is 0.667. The highest BCUT2D eigenvalue weighted by molar-refractivity contribution is 5.61. The van der Waals surface area contributed by atoms with Crippen molar-refractivity contribution in [3.63, 3.8) is 0 Å². The smallest absolute Gasteiger partial charge is 0.123 e. The number of hydrogen-bond donors (Lipinski definition) is 1. The molecule has 21 heavy (non-hydrogen) atoms. The molecule has 1 aliphatic carbocycles. The highest BCUT2D eigenvalue weighted by atomic mass is 16.5. The van der Waals surface area contributed by atoms with E-state index >= 15 is 0 Å². The fourth-order valence-electron chi connectivity index (χ4n) is 4.06. The number of nitrogens with zero attached hydrogens (tertiary/aromatic N) is 1. The summed E-state index contributed by atoms with van der Waals surface area (Å²) >= 11 is 0. The summed E-state index contributed by atoms with van der Waals surface area (Å²) in [6.07, 6.45) is 8.40. The van der Waals surface area contributed by atoms with Crippen molar-refractivity contribution in [1.82, 2.24) is 0 Å². The summed E-state index contributed by atoms with van der Waals surface area (Å²) in [4.78, 5) is 2.59. The second kappa shape index (κ2) is 6.17. The largest absolute Gasteiger partial charge is 0.491 e. The van der Waals surface area contributed by atoms with Crippen molar-refractivity contribution in [3.05, 3.63) is 18.2 Å². The molecule has 0 bridgehead atoms. The van der Waals surface area contributed by atoms with Gasteiger partial charge in [0.25, 0.3) is 0 Å². The third-order valence-corrected chi connectivity index (χ3v) is 4.86. The molecular formula is C18H28N2O. The molecule has 2 unspecified atom stereocenters. The van der Waals surface area contributed by atoms with Gasteiger partial charge in [0.05, 0.1) is 6.10 Å². The van der Waals surface area contributed by atoms with Crippen LogP contribution < -0.4 is 15.4 Å². The van der Waals surface area contributed by atoms with E-state index < -0.39 is 0 Å². The molecule has 2 aliphatic rings. The van der Waals surface area contributed by atoms with Crippen molar-refractivity contribution in [1.29, 1.82) is 0 Å². The summed E-state index contributed by atoms with van der Waals surface area (Å²) < 4.78 is 5.86. The molecule has 1 aromatic rings. The van der Waals surface area contributed by atoms with Gasteiger partial charge in [0, 0.05) is 36.1 Å². The number of fused-ring (bicyclic) bond motifs is 1. The van der Waals surface area contributed by atoms with Crippen molar-refractivity contribution in [2.75, 3.05) is 17.2 Å². The van der Waals surface area contributed by atoms with Gasteiger partial charge in [-0.2, -0.15) is 0 Å². The van der Waals surface area contributed by atoms with Crippen LogP contribution >= 0.6 is 0 Å². The second-order valence-electron chi connectivity index (χ2n) is 6.87. The number of rotatable bonds is 3. The van der Waals surface area contributed by atoms with E-state index in [1.807, 2.05) is 6.07 Å². The summed E-state index contributed by atoms with van der Waals surface area (Å²) in [6, 6.07) is 6.93. The van der Waals surface area contributed by atoms with Crippen LogP contribution in [0.3, 0.4) is 0 Å². The van der Waals surface area contributed by atoms with Crippen LogP contribution in [0.5, 0.6) is 5.75 Å². The number of nitrogen functional groups attached to an aromatic ring is 1. The SMILES string of the molecule is CC(C)Oc1cc(N)cc(N2CCCC3CCCCC32)c1. The van der Waals surface area contributed by atoms with E-state index in [0.717, 1.165) is 23.9 Å². The van der Waals surface area contributed by atoms with Gasteiger partial charge >= 0.3 is 0 Å². The molecule has 3 nitrogen and oxygen atoms in total. The summed E-state index contributed by atoms with van der Waals surface area (Å²) in [7, 11) is 0. The summed E-state index contributed by atoms with van der Waals surface area (Å²) in [6.45, 7) is 5.27. The van der Waals surface area contributed by atoms with Gasteiger partial charge in [0.1, 0.15) is 5.75 Å². The van der Waals surface area contributed by atoms with Gasteiger partial charge in [-0.3, -0.25) is 0 Å². The predicted octanol–water partition coefficient (Wildman–Crippen LogP) is 4.22. The predicted molar refractivity (Wildman–Crippen MR) is 88.9 cm³/mol. The summed E-state index contributed by atoms with van der Waals surface area (Å²) in [5, 5.41) is 0. The van der Waals surface area contributed by atoms with Gasteiger partial charge in [0.15, 0.2) is 0 Å². The molecule has 0 spiro atoms. The Bertz CT molecular complexity index is 484. The van der Waals surface area contributed by atoms with Crippen LogP contribution in [0.25, 0.3) is 0 Å². The highest BCUT2D eigenvalue weighted by Crippen LogP contribution is 2.39. The average molecular weight is 288 g/mol. The molecule has 0 aromatic heterocycles. The third-order valence-electron chi connectivity index (χ3n) is 4.86. The number of piperidine rings is 1. The van der Waals surface area contributed by atoms with Crippen molar-refractivity contribution >= 4 is 11.4 Å². The molecule has 0 radical (unpaired) electrons. The molecule has 2 atom stereocenters. The Hall–Kier alpha value is -1.38. The van der Waals surface area contributed by atoms with E-state index in [0.29, 0.717) is 6.04 Å². The first-order chi connectivity index (χ1) is 10.1. The van der Waals surface area contributed by atoms with E-state index in [1.54, 1.807) is 0 Å². The normalized spacial score (nSPS) is 25.8. The minimum atomic E-state index is 0.184. The molecule has 2 fully saturated rings. The zero-order valence-electron chi connectivity index (χ0n) is 13.3. The average Bonchev–Trinajstić information content (AvgIpc) is 2.45. The topological polar surface area (TPSA) is 38.5 Å². The lowest BCUT2D eigenvalue weighted by Gasteiger charge is -2.45. The van der Waals surface area contributed by atoms with Crippen molar-refractivity contribution < 1.29 is 4.74 Å². The lowest BCUT2D eigenvalue weighted by molar-refractivity contribution is 0.238. The van der Waals surface area contributed by atoms with Crippen LogP contribution in [0.4, 0.5) is 11.4 Å². The Morgan fingerprint density at radius 3 is 2.67 bits per heavy atom. The van der Waals surface area contributed by atoms with Gasteiger partial charge in [-0.15, -0.1) is 0 Å². The molecule has 1 saturated heterocycles. The maximum absolute atomic E-state index is 6.10. The van der Waals surface area contributed by atoms with Gasteiger partial charge in [-0.05, 0) is 51.5 Å². The molecule has 0 amide bonds. The molecule has 1 saturated carbocycles. The van der Waals surface area contributed by atoms with Crippen LogP contribution in [0, 0.1) is 5.92 Å². The van der Waals surface area contributed by atoms with Crippen LogP contribution in [-0.4, -0.2) is 18.7 Å². The summed E-state index contributed by atoms with van der Waals surface area (Å²) in [5.74, 6) is 1.78. The zero-order valence-corrected chi connectivity index (χ0v) is 13.3. The van der Waals surface area contributed by atoms with Crippen LogP contribution in [-0.2, 0) is 0 Å². The molecule has 2 N–H and O–H groups in total. The monoisotopic (exact) mass is 288 g/mol. The second-order valence-corrected chi connectivity index (χ2v) is 6.87. The van der Waals surface area contributed by atoms with Crippen LogP contribution in [0.2, 0.25) is 0 Å². The van der Waals surface area contributed by atoms with Gasteiger partial charge in [-0.1, -0.05) is 12.8 Å². The third kappa shape index (κ3) is 3.28. The molecule has 1 aromatic carbocycles. The van der Waals surface area contributed by atoms with Gasteiger partial charge in [0.2, 0.25) is 0 Å². The molecule has 1 heterocycles. The Morgan fingerprint density at radius 2 is 1.86 bits per heavy atom. The first kappa shape index (κ1) is 14.6. The number of benzene rings is 1. The minimum Gasteiger partial charge on any atom is -0.491 e. The van der Waals surface area contributed by atoms with E-state index in [1.165, 1.54) is 44.2 Å². The molecule has 3 heteroatoms. The Kier molecular flexibility index (Phi) is 4.27. The van der Waals surface area contributed by atoms with Crippen molar-refractivity contribution in [2.24, 2.45) is 5.92 Å². The number of hydrogen-bond acceptors (Lipinski definition) is 3. The molecule has 1 aliphatic heterocycles. The number of anilines is 2. The van der Waals surface area contributed by atoms with Crippen LogP contribution in [0.1, 0.15) is 52.4 Å². The Labute approximate surface area is 128 Å². The van der Waals surface area contributed by atoms with E-state index in [4.69, 9.17) is 10.5 Å². The lowest BCUT2D eigenvalue weighted by atomic mass is 9.78. The van der Waals surface area contributed by atoms with Crippen molar-refractivity contribution in [3.8, 4) is 5.75 Å². The van der Waals surface area contributed by atoms with Gasteiger partial charge in [-0.25, -0.2) is 0 Å². The first-order valence-electron chi connectivity index (χ1n) is 8.47. The quantitative estimate of drug-likeness (QED) is 0.847. The number of nitrogens with two attached hydrogens (primary N) is 1. The minimum absolute atomic E-state index is 0.184. The van der Waals surface area contributed by atoms with Crippen LogP contribution in [0.15, 0.2) is 18.2 Å². The maximum Gasteiger partial charge on any atom is 0.123 e. The lowest BCUT2D eigenvalue weighted by Crippen LogP contribution is -2.46. The number of ether oxygens (including phenoxy) is 1. The Morgan fingerprint density at radius 1 is 1.10 bits per heavy atom. The van der Waals surface area contributed by atoms with Crippen molar-refractivity contribution in [2.45, 2.75) is 64.5 Å².